The molecule has 0 aliphatic carbocycles. The van der Waals surface area contributed by atoms with Crippen LogP contribution in [-0.4, -0.2) is 48.7 Å². The highest BCUT2D eigenvalue weighted by molar-refractivity contribution is 7.99. The Balaban J connectivity index is 3.35. The lowest BCUT2D eigenvalue weighted by Crippen LogP contribution is -2.21. The Morgan fingerprint density at radius 1 is 1.35 bits per heavy atom. The van der Waals surface area contributed by atoms with Gasteiger partial charge in [-0.25, -0.2) is 4.79 Å². The third-order valence-electron chi connectivity index (χ3n) is 1.77. The molecule has 0 aromatic carbocycles. The molecule has 1 atom stereocenters. The van der Waals surface area contributed by atoms with Gasteiger partial charge < -0.3 is 14.2 Å². The van der Waals surface area contributed by atoms with Crippen LogP contribution < -0.4 is 0 Å². The second kappa shape index (κ2) is 12.3. The lowest BCUT2D eigenvalue weighted by atomic mass is 10.5. The zero-order valence-electron chi connectivity index (χ0n) is 11.0. The summed E-state index contributed by atoms with van der Waals surface area (Å²) in [5.41, 5.74) is 0. The summed E-state index contributed by atoms with van der Waals surface area (Å²) < 4.78 is 13.7. The normalized spacial score (nSPS) is 11.2. The molecule has 0 amide bonds. The number of carbonyl (C=O) groups excluding carboxylic acids is 2. The van der Waals surface area contributed by atoms with Crippen molar-refractivity contribution < 1.29 is 33.7 Å². The van der Waals surface area contributed by atoms with E-state index in [9.17, 15) is 19.7 Å². The molecule has 0 heterocycles. The van der Waals surface area contributed by atoms with Crippen molar-refractivity contribution in [3.05, 3.63) is 10.1 Å². The first-order valence-electron chi connectivity index (χ1n) is 5.83. The molecule has 20 heavy (non-hydrogen) atoms. The molecule has 0 aliphatic rings. The van der Waals surface area contributed by atoms with Gasteiger partial charge in [-0.15, -0.1) is 10.1 Å². The lowest BCUT2D eigenvalue weighted by molar-refractivity contribution is -0.777. The molecule has 9 nitrogen and oxygen atoms in total. The summed E-state index contributed by atoms with van der Waals surface area (Å²) in [6.07, 6.45) is -0.922. The van der Waals surface area contributed by atoms with Crippen LogP contribution in [0.25, 0.3) is 0 Å². The number of rotatable bonds is 12. The highest BCUT2D eigenvalue weighted by Gasteiger charge is 2.13. The van der Waals surface area contributed by atoms with Gasteiger partial charge in [0.05, 0.1) is 13.2 Å². The first kappa shape index (κ1) is 18.3. The molecule has 116 valence electrons. The predicted molar refractivity (Wildman–Crippen MR) is 68.5 cm³/mol. The van der Waals surface area contributed by atoms with Crippen LogP contribution in [0.4, 0.5) is 4.79 Å². The number of carbonyl (C=O) groups is 2. The van der Waals surface area contributed by atoms with E-state index >= 15 is 0 Å². The van der Waals surface area contributed by atoms with Crippen molar-refractivity contribution in [1.82, 2.24) is 0 Å². The molecule has 0 aliphatic heterocycles. The van der Waals surface area contributed by atoms with Crippen LogP contribution >= 0.6 is 11.8 Å². The fraction of sp³-hybridized carbons (Fsp3) is 0.800. The third-order valence-corrected chi connectivity index (χ3v) is 2.92. The summed E-state index contributed by atoms with van der Waals surface area (Å²) in [5, 5.41) is 8.89. The van der Waals surface area contributed by atoms with Gasteiger partial charge in [0.25, 0.3) is 11.6 Å². The number of hydrogen-bond donors (Lipinski definition) is 0. The molecule has 0 rings (SSSR count). The third kappa shape index (κ3) is 12.7. The predicted octanol–water partition coefficient (Wildman–Crippen LogP) is 1.38. The number of thioether (sulfide) groups is 1. The van der Waals surface area contributed by atoms with Gasteiger partial charge in [-0.2, -0.15) is 11.8 Å². The molecule has 0 aromatic heterocycles. The Kier molecular flexibility index (Phi) is 11.3. The molecular formula is C10H17NO8S. The Morgan fingerprint density at radius 2 is 2.00 bits per heavy atom. The minimum Gasteiger partial charge on any atom is -0.468 e. The quantitative estimate of drug-likeness (QED) is 0.132. The average Bonchev–Trinajstić information content (AvgIpc) is 2.35. The molecule has 10 heteroatoms. The summed E-state index contributed by atoms with van der Waals surface area (Å²) in [4.78, 5) is 34.8. The van der Waals surface area contributed by atoms with Crippen molar-refractivity contribution in [2.45, 2.75) is 26.1 Å². The van der Waals surface area contributed by atoms with E-state index in [4.69, 9.17) is 4.74 Å². The highest BCUT2D eigenvalue weighted by Crippen LogP contribution is 2.05. The van der Waals surface area contributed by atoms with Gasteiger partial charge in [-0.3, -0.25) is 9.63 Å². The van der Waals surface area contributed by atoms with Crippen molar-refractivity contribution in [3.8, 4) is 0 Å². The SMILES string of the molecule is CC(OC(=O)OCCCSCCCOC=O)O[N+](=O)[O-]. The number of hydrogen-bond acceptors (Lipinski definition) is 9. The standard InChI is InChI=1S/C10H17NO8S/c1-9(19-11(14)15)18-10(13)17-5-3-7-20-6-2-4-16-8-12/h8-9H,2-7H2,1H3. The van der Waals surface area contributed by atoms with Crippen LogP contribution in [0.15, 0.2) is 0 Å². The monoisotopic (exact) mass is 311 g/mol. The van der Waals surface area contributed by atoms with E-state index in [2.05, 4.69) is 14.3 Å². The van der Waals surface area contributed by atoms with E-state index in [0.29, 0.717) is 19.5 Å². The van der Waals surface area contributed by atoms with Gasteiger partial charge in [0.2, 0.25) is 6.29 Å². The Labute approximate surface area is 120 Å². The van der Waals surface area contributed by atoms with E-state index in [1.807, 2.05) is 0 Å². The molecular weight excluding hydrogens is 294 g/mol. The molecule has 0 radical (unpaired) electrons. The highest BCUT2D eigenvalue weighted by atomic mass is 32.2. The summed E-state index contributed by atoms with van der Waals surface area (Å²) in [7, 11) is 0. The molecule has 0 spiro atoms. The Morgan fingerprint density at radius 3 is 2.60 bits per heavy atom. The summed E-state index contributed by atoms with van der Waals surface area (Å²) in [6.45, 7) is 2.17. The van der Waals surface area contributed by atoms with Gasteiger partial charge in [0, 0.05) is 0 Å². The van der Waals surface area contributed by atoms with Crippen molar-refractivity contribution in [3.63, 3.8) is 0 Å². The molecule has 0 aromatic rings. The Hall–Kier alpha value is -1.71. The van der Waals surface area contributed by atoms with Crippen molar-refractivity contribution in [1.29, 1.82) is 0 Å². The second-order valence-electron chi connectivity index (χ2n) is 3.40. The molecule has 0 N–H and O–H groups in total. The summed E-state index contributed by atoms with van der Waals surface area (Å²) in [5.74, 6) is 1.61. The fourth-order valence-corrected chi connectivity index (χ4v) is 1.87. The van der Waals surface area contributed by atoms with E-state index in [0.717, 1.165) is 17.9 Å². The topological polar surface area (TPSA) is 114 Å². The van der Waals surface area contributed by atoms with Crippen LogP contribution in [0, 0.1) is 10.1 Å². The van der Waals surface area contributed by atoms with Crippen LogP contribution in [0.3, 0.4) is 0 Å². The van der Waals surface area contributed by atoms with Crippen LogP contribution in [0.1, 0.15) is 19.8 Å². The second-order valence-corrected chi connectivity index (χ2v) is 4.62. The van der Waals surface area contributed by atoms with E-state index < -0.39 is 17.5 Å². The molecule has 1 unspecified atom stereocenters. The summed E-state index contributed by atoms with van der Waals surface area (Å²) >= 11 is 1.64. The fourth-order valence-electron chi connectivity index (χ4n) is 1.02. The maximum absolute atomic E-state index is 11.0. The zero-order chi connectivity index (χ0) is 15.2. The maximum Gasteiger partial charge on any atom is 0.510 e. The smallest absolute Gasteiger partial charge is 0.468 e. The van der Waals surface area contributed by atoms with Crippen LogP contribution in [-0.2, 0) is 23.8 Å². The molecule has 0 saturated carbocycles. The minimum atomic E-state index is -1.30. The van der Waals surface area contributed by atoms with Crippen LogP contribution in [0.5, 0.6) is 0 Å². The van der Waals surface area contributed by atoms with Crippen molar-refractivity contribution >= 4 is 24.4 Å². The van der Waals surface area contributed by atoms with Gasteiger partial charge in [0.1, 0.15) is 0 Å². The van der Waals surface area contributed by atoms with Gasteiger partial charge in [0.15, 0.2) is 0 Å². The van der Waals surface area contributed by atoms with Crippen molar-refractivity contribution in [2.75, 3.05) is 24.7 Å². The van der Waals surface area contributed by atoms with E-state index in [1.165, 1.54) is 6.92 Å². The molecule has 0 fully saturated rings. The first-order valence-corrected chi connectivity index (χ1v) is 6.99. The van der Waals surface area contributed by atoms with E-state index in [1.54, 1.807) is 11.8 Å². The molecule has 0 saturated heterocycles. The zero-order valence-corrected chi connectivity index (χ0v) is 11.8. The number of nitrogens with zero attached hydrogens (tertiary/aromatic N) is 1. The van der Waals surface area contributed by atoms with Gasteiger partial charge in [-0.1, -0.05) is 0 Å². The Bertz CT molecular complexity index is 301. The molecule has 0 bridgehead atoms. The van der Waals surface area contributed by atoms with Crippen molar-refractivity contribution in [2.24, 2.45) is 0 Å². The van der Waals surface area contributed by atoms with Gasteiger partial charge >= 0.3 is 6.16 Å². The first-order chi connectivity index (χ1) is 9.56. The largest absolute Gasteiger partial charge is 0.510 e. The minimum absolute atomic E-state index is 0.155. The maximum atomic E-state index is 11.0. The average molecular weight is 311 g/mol. The van der Waals surface area contributed by atoms with Crippen LogP contribution in [0.2, 0.25) is 0 Å². The lowest BCUT2D eigenvalue weighted by Gasteiger charge is -2.10. The number of ether oxygens (including phenoxy) is 3. The summed E-state index contributed by atoms with van der Waals surface area (Å²) in [6, 6.07) is 0. The van der Waals surface area contributed by atoms with Gasteiger partial charge in [-0.05, 0) is 31.3 Å². The van der Waals surface area contributed by atoms with E-state index in [-0.39, 0.29) is 6.61 Å².